The van der Waals surface area contributed by atoms with Crippen LogP contribution in [0.2, 0.25) is 0 Å². The minimum atomic E-state index is -0.208. The van der Waals surface area contributed by atoms with Crippen molar-refractivity contribution in [2.45, 2.75) is 13.8 Å². The van der Waals surface area contributed by atoms with Gasteiger partial charge in [-0.05, 0) is 38.1 Å². The SMILES string of the molecule is COc1ccccc1/C(C)=N\NC(=O)CNc1ccc(C)cc1. The van der Waals surface area contributed by atoms with E-state index in [0.717, 1.165) is 17.0 Å². The van der Waals surface area contributed by atoms with E-state index in [2.05, 4.69) is 15.8 Å². The third-order valence-corrected chi connectivity index (χ3v) is 3.35. The number of nitrogens with one attached hydrogen (secondary N) is 2. The van der Waals surface area contributed by atoms with E-state index in [1.807, 2.05) is 62.4 Å². The van der Waals surface area contributed by atoms with Crippen molar-refractivity contribution in [3.8, 4) is 5.75 Å². The maximum absolute atomic E-state index is 11.9. The van der Waals surface area contributed by atoms with E-state index in [4.69, 9.17) is 4.74 Å². The van der Waals surface area contributed by atoms with Gasteiger partial charge in [0.25, 0.3) is 5.91 Å². The molecule has 1 amide bonds. The lowest BCUT2D eigenvalue weighted by molar-refractivity contribution is -0.119. The Balaban J connectivity index is 1.91. The smallest absolute Gasteiger partial charge is 0.259 e. The molecular formula is C18H21N3O2. The molecular weight excluding hydrogens is 290 g/mol. The zero-order valence-electron chi connectivity index (χ0n) is 13.6. The van der Waals surface area contributed by atoms with Crippen molar-refractivity contribution < 1.29 is 9.53 Å². The summed E-state index contributed by atoms with van der Waals surface area (Å²) in [6.07, 6.45) is 0. The summed E-state index contributed by atoms with van der Waals surface area (Å²) in [5, 5.41) is 7.18. The molecule has 2 aromatic carbocycles. The van der Waals surface area contributed by atoms with Gasteiger partial charge in [0.2, 0.25) is 0 Å². The number of para-hydroxylation sites is 1. The van der Waals surface area contributed by atoms with Gasteiger partial charge >= 0.3 is 0 Å². The lowest BCUT2D eigenvalue weighted by Gasteiger charge is -2.08. The van der Waals surface area contributed by atoms with E-state index in [1.165, 1.54) is 5.56 Å². The van der Waals surface area contributed by atoms with E-state index in [9.17, 15) is 4.79 Å². The van der Waals surface area contributed by atoms with Gasteiger partial charge in [0.1, 0.15) is 5.75 Å². The van der Waals surface area contributed by atoms with Crippen LogP contribution in [0.5, 0.6) is 5.75 Å². The molecule has 2 rings (SSSR count). The molecule has 0 radical (unpaired) electrons. The minimum Gasteiger partial charge on any atom is -0.496 e. The number of benzene rings is 2. The lowest BCUT2D eigenvalue weighted by atomic mass is 10.1. The van der Waals surface area contributed by atoms with Crippen molar-refractivity contribution in [1.29, 1.82) is 0 Å². The van der Waals surface area contributed by atoms with Crippen LogP contribution in [0.25, 0.3) is 0 Å². The highest BCUT2D eigenvalue weighted by molar-refractivity contribution is 6.01. The Hall–Kier alpha value is -2.82. The average molecular weight is 311 g/mol. The third kappa shape index (κ3) is 4.85. The molecule has 0 unspecified atom stereocenters. The fourth-order valence-electron chi connectivity index (χ4n) is 2.04. The second kappa shape index (κ2) is 7.98. The number of hydrogen-bond donors (Lipinski definition) is 2. The van der Waals surface area contributed by atoms with Gasteiger partial charge in [0.15, 0.2) is 0 Å². The Morgan fingerprint density at radius 1 is 1.13 bits per heavy atom. The van der Waals surface area contributed by atoms with Crippen molar-refractivity contribution >= 4 is 17.3 Å². The number of rotatable bonds is 6. The molecule has 120 valence electrons. The van der Waals surface area contributed by atoms with Crippen molar-refractivity contribution in [2.24, 2.45) is 5.10 Å². The Kier molecular flexibility index (Phi) is 5.74. The van der Waals surface area contributed by atoms with Crippen LogP contribution in [0.3, 0.4) is 0 Å². The van der Waals surface area contributed by atoms with Gasteiger partial charge in [-0.3, -0.25) is 4.79 Å². The highest BCUT2D eigenvalue weighted by Gasteiger charge is 2.06. The molecule has 0 spiro atoms. The number of hydrazone groups is 1. The Bertz CT molecular complexity index is 694. The van der Waals surface area contributed by atoms with Crippen LogP contribution in [-0.4, -0.2) is 25.3 Å². The van der Waals surface area contributed by atoms with Crippen LogP contribution < -0.4 is 15.5 Å². The summed E-state index contributed by atoms with van der Waals surface area (Å²) < 4.78 is 5.28. The highest BCUT2D eigenvalue weighted by Crippen LogP contribution is 2.17. The van der Waals surface area contributed by atoms with Crippen molar-refractivity contribution in [1.82, 2.24) is 5.43 Å². The Morgan fingerprint density at radius 2 is 1.83 bits per heavy atom. The standard InChI is InChI=1S/C18H21N3O2/c1-13-8-10-15(11-9-13)19-12-18(22)21-20-14(2)16-6-4-5-7-17(16)23-3/h4-11,19H,12H2,1-3H3,(H,21,22)/b20-14-. The molecule has 0 aliphatic carbocycles. The number of carbonyl (C=O) groups excluding carboxylic acids is 1. The van der Waals surface area contributed by atoms with E-state index in [-0.39, 0.29) is 12.5 Å². The number of carbonyl (C=O) groups is 1. The maximum atomic E-state index is 11.9. The van der Waals surface area contributed by atoms with E-state index >= 15 is 0 Å². The van der Waals surface area contributed by atoms with Crippen LogP contribution in [0, 0.1) is 6.92 Å². The lowest BCUT2D eigenvalue weighted by Crippen LogP contribution is -2.26. The van der Waals surface area contributed by atoms with Crippen LogP contribution in [0.4, 0.5) is 5.69 Å². The molecule has 0 aliphatic rings. The summed E-state index contributed by atoms with van der Waals surface area (Å²) in [6.45, 7) is 4.00. The largest absolute Gasteiger partial charge is 0.496 e. The highest BCUT2D eigenvalue weighted by atomic mass is 16.5. The predicted octanol–water partition coefficient (Wildman–Crippen LogP) is 2.96. The Labute approximate surface area is 136 Å². The van der Waals surface area contributed by atoms with Crippen molar-refractivity contribution in [3.05, 3.63) is 59.7 Å². The molecule has 2 N–H and O–H groups in total. The number of ether oxygens (including phenoxy) is 1. The maximum Gasteiger partial charge on any atom is 0.259 e. The van der Waals surface area contributed by atoms with E-state index in [0.29, 0.717) is 5.71 Å². The van der Waals surface area contributed by atoms with Gasteiger partial charge in [-0.25, -0.2) is 5.43 Å². The van der Waals surface area contributed by atoms with Gasteiger partial charge in [-0.2, -0.15) is 5.10 Å². The molecule has 0 aliphatic heterocycles. The molecule has 2 aromatic rings. The third-order valence-electron chi connectivity index (χ3n) is 3.35. The number of aryl methyl sites for hydroxylation is 1. The quantitative estimate of drug-likeness (QED) is 0.637. The average Bonchev–Trinajstić information content (AvgIpc) is 2.59. The molecule has 0 fully saturated rings. The van der Waals surface area contributed by atoms with E-state index < -0.39 is 0 Å². The molecule has 0 saturated carbocycles. The van der Waals surface area contributed by atoms with Crippen LogP contribution >= 0.6 is 0 Å². The number of anilines is 1. The molecule has 5 heteroatoms. The normalized spacial score (nSPS) is 11.0. The minimum absolute atomic E-state index is 0.158. The summed E-state index contributed by atoms with van der Waals surface area (Å²) in [6, 6.07) is 15.4. The summed E-state index contributed by atoms with van der Waals surface area (Å²) in [5.74, 6) is 0.514. The van der Waals surface area contributed by atoms with Gasteiger partial charge in [-0.1, -0.05) is 29.8 Å². The molecule has 0 aromatic heterocycles. The molecule has 0 atom stereocenters. The number of amides is 1. The van der Waals surface area contributed by atoms with Gasteiger partial charge < -0.3 is 10.1 Å². The Morgan fingerprint density at radius 3 is 2.52 bits per heavy atom. The number of methoxy groups -OCH3 is 1. The van der Waals surface area contributed by atoms with Gasteiger partial charge in [0.05, 0.1) is 19.4 Å². The second-order valence-electron chi connectivity index (χ2n) is 5.15. The van der Waals surface area contributed by atoms with Crippen molar-refractivity contribution in [3.63, 3.8) is 0 Å². The zero-order valence-corrected chi connectivity index (χ0v) is 13.6. The van der Waals surface area contributed by atoms with Crippen LogP contribution in [-0.2, 0) is 4.79 Å². The number of hydrogen-bond acceptors (Lipinski definition) is 4. The zero-order chi connectivity index (χ0) is 16.7. The first kappa shape index (κ1) is 16.5. The molecule has 0 saturated heterocycles. The van der Waals surface area contributed by atoms with Crippen molar-refractivity contribution in [2.75, 3.05) is 19.0 Å². The summed E-state index contributed by atoms with van der Waals surface area (Å²) in [7, 11) is 1.61. The summed E-state index contributed by atoms with van der Waals surface area (Å²) in [5.41, 5.74) is 6.16. The molecule has 5 nitrogen and oxygen atoms in total. The summed E-state index contributed by atoms with van der Waals surface area (Å²) in [4.78, 5) is 11.9. The second-order valence-corrected chi connectivity index (χ2v) is 5.15. The first-order valence-electron chi connectivity index (χ1n) is 7.37. The van der Waals surface area contributed by atoms with E-state index in [1.54, 1.807) is 7.11 Å². The van der Waals surface area contributed by atoms with Gasteiger partial charge in [0, 0.05) is 11.3 Å². The molecule has 23 heavy (non-hydrogen) atoms. The monoisotopic (exact) mass is 311 g/mol. The first-order valence-corrected chi connectivity index (χ1v) is 7.37. The molecule has 0 bridgehead atoms. The number of nitrogens with zero attached hydrogens (tertiary/aromatic N) is 1. The first-order chi connectivity index (χ1) is 11.1. The molecule has 0 heterocycles. The van der Waals surface area contributed by atoms with Crippen LogP contribution in [0.1, 0.15) is 18.1 Å². The summed E-state index contributed by atoms with van der Waals surface area (Å²) >= 11 is 0. The fourth-order valence-corrected chi connectivity index (χ4v) is 2.04. The fraction of sp³-hybridized carbons (Fsp3) is 0.222. The topological polar surface area (TPSA) is 62.7 Å². The van der Waals surface area contributed by atoms with Gasteiger partial charge in [-0.15, -0.1) is 0 Å². The predicted molar refractivity (Wildman–Crippen MR) is 93.0 cm³/mol. The van der Waals surface area contributed by atoms with Crippen LogP contribution in [0.15, 0.2) is 53.6 Å².